The zero-order chi connectivity index (χ0) is 29.8. The molecule has 0 aliphatic carbocycles. The molecule has 0 atom stereocenters. The standard InChI is InChI=1S/C41H76/c1-6-11-16-21-26-31-37-36-38(32-27-22-17-12-7-2)40(34-29-24-19-14-9-4)41(35-30-25-20-15-10-5)39(37)33-28-23-18-13-8-3/h36H,6-35H2,1-5H3. The second-order valence-electron chi connectivity index (χ2n) is 13.5. The van der Waals surface area contributed by atoms with Gasteiger partial charge in [-0.1, -0.05) is 169 Å². The first-order valence-electron chi connectivity index (χ1n) is 19.4. The molecule has 0 heteroatoms. The van der Waals surface area contributed by atoms with E-state index in [1.807, 2.05) is 16.7 Å². The van der Waals surface area contributed by atoms with Crippen LogP contribution in [0.3, 0.4) is 0 Å². The number of benzene rings is 1. The maximum atomic E-state index is 2.78. The van der Waals surface area contributed by atoms with Crippen LogP contribution in [-0.2, 0) is 32.1 Å². The molecule has 0 nitrogen and oxygen atoms in total. The second kappa shape index (κ2) is 28.0. The molecule has 0 saturated carbocycles. The molecule has 0 heterocycles. The fraction of sp³-hybridized carbons (Fsp3) is 0.854. The predicted octanol–water partition coefficient (Wildman–Crippen LogP) is 14.3. The monoisotopic (exact) mass is 569 g/mol. The van der Waals surface area contributed by atoms with E-state index in [9.17, 15) is 0 Å². The van der Waals surface area contributed by atoms with E-state index in [1.165, 1.54) is 193 Å². The summed E-state index contributed by atoms with van der Waals surface area (Å²) in [6, 6.07) is 2.78. The van der Waals surface area contributed by atoms with Crippen LogP contribution in [-0.4, -0.2) is 0 Å². The summed E-state index contributed by atoms with van der Waals surface area (Å²) in [6.07, 6.45) is 41.7. The SMILES string of the molecule is CCCCCCCc1cc(CCCCCCC)c(CCCCCCC)c(CCCCCCC)c1CCCCCCC. The first-order valence-corrected chi connectivity index (χ1v) is 19.4. The minimum Gasteiger partial charge on any atom is -0.0654 e. The highest BCUT2D eigenvalue weighted by Crippen LogP contribution is 2.32. The molecule has 0 aliphatic rings. The number of rotatable bonds is 30. The van der Waals surface area contributed by atoms with Gasteiger partial charge in [-0.2, -0.15) is 0 Å². The van der Waals surface area contributed by atoms with E-state index in [2.05, 4.69) is 40.7 Å². The van der Waals surface area contributed by atoms with Crippen molar-refractivity contribution in [2.24, 2.45) is 0 Å². The Labute approximate surface area is 260 Å². The first-order chi connectivity index (χ1) is 20.2. The van der Waals surface area contributed by atoms with Gasteiger partial charge >= 0.3 is 0 Å². The van der Waals surface area contributed by atoms with E-state index in [0.29, 0.717) is 0 Å². The van der Waals surface area contributed by atoms with Crippen molar-refractivity contribution in [2.45, 2.75) is 227 Å². The maximum Gasteiger partial charge on any atom is -0.0273 e. The molecule has 0 bridgehead atoms. The Balaban J connectivity index is 3.33. The Morgan fingerprint density at radius 3 is 0.805 bits per heavy atom. The van der Waals surface area contributed by atoms with Gasteiger partial charge in [0, 0.05) is 0 Å². The molecule has 1 aromatic rings. The van der Waals surface area contributed by atoms with Crippen molar-refractivity contribution in [2.75, 3.05) is 0 Å². The van der Waals surface area contributed by atoms with Crippen molar-refractivity contribution < 1.29 is 0 Å². The van der Waals surface area contributed by atoms with Crippen molar-refractivity contribution in [1.29, 1.82) is 0 Å². The lowest BCUT2D eigenvalue weighted by atomic mass is 9.81. The Morgan fingerprint density at radius 2 is 0.512 bits per heavy atom. The van der Waals surface area contributed by atoms with E-state index in [0.717, 1.165) is 0 Å². The molecule has 41 heavy (non-hydrogen) atoms. The normalized spacial score (nSPS) is 11.5. The van der Waals surface area contributed by atoms with Gasteiger partial charge in [0.1, 0.15) is 0 Å². The van der Waals surface area contributed by atoms with Gasteiger partial charge in [-0.25, -0.2) is 0 Å². The fourth-order valence-corrected chi connectivity index (χ4v) is 6.88. The summed E-state index contributed by atoms with van der Waals surface area (Å²) >= 11 is 0. The molecule has 0 unspecified atom stereocenters. The summed E-state index contributed by atoms with van der Waals surface area (Å²) in [5.41, 5.74) is 9.09. The summed E-state index contributed by atoms with van der Waals surface area (Å²) in [5, 5.41) is 0. The zero-order valence-corrected chi connectivity index (χ0v) is 29.3. The first kappa shape index (κ1) is 38.2. The highest BCUT2D eigenvalue weighted by molar-refractivity contribution is 5.47. The minimum absolute atomic E-state index is 1.33. The van der Waals surface area contributed by atoms with Gasteiger partial charge in [0.05, 0.1) is 0 Å². The Bertz CT molecular complexity index is 648. The van der Waals surface area contributed by atoms with Crippen molar-refractivity contribution >= 4 is 0 Å². The van der Waals surface area contributed by atoms with E-state index in [1.54, 1.807) is 11.1 Å². The minimum atomic E-state index is 1.33. The van der Waals surface area contributed by atoms with E-state index in [-0.39, 0.29) is 0 Å². The molecular formula is C41H76. The summed E-state index contributed by atoms with van der Waals surface area (Å²) in [6.45, 7) is 11.7. The van der Waals surface area contributed by atoms with Crippen LogP contribution in [0.25, 0.3) is 0 Å². The van der Waals surface area contributed by atoms with Crippen molar-refractivity contribution in [3.8, 4) is 0 Å². The average molecular weight is 569 g/mol. The third kappa shape index (κ3) is 18.5. The molecule has 0 N–H and O–H groups in total. The average Bonchev–Trinajstić information content (AvgIpc) is 2.98. The van der Waals surface area contributed by atoms with Crippen LogP contribution in [0.4, 0.5) is 0 Å². The lowest BCUT2D eigenvalue weighted by Crippen LogP contribution is -2.11. The third-order valence-electron chi connectivity index (χ3n) is 9.54. The number of hydrogen-bond donors (Lipinski definition) is 0. The molecule has 0 fully saturated rings. The van der Waals surface area contributed by atoms with Crippen LogP contribution in [0, 0.1) is 0 Å². The molecule has 0 amide bonds. The van der Waals surface area contributed by atoms with Gasteiger partial charge in [0.25, 0.3) is 0 Å². The van der Waals surface area contributed by atoms with Crippen molar-refractivity contribution in [3.05, 3.63) is 33.9 Å². The van der Waals surface area contributed by atoms with Crippen LogP contribution < -0.4 is 0 Å². The van der Waals surface area contributed by atoms with Gasteiger partial charge in [0.2, 0.25) is 0 Å². The lowest BCUT2D eigenvalue weighted by Gasteiger charge is -2.24. The van der Waals surface area contributed by atoms with Crippen molar-refractivity contribution in [1.82, 2.24) is 0 Å². The van der Waals surface area contributed by atoms with Gasteiger partial charge in [-0.3, -0.25) is 0 Å². The molecule has 0 saturated heterocycles. The molecule has 1 aromatic carbocycles. The number of aryl methyl sites for hydroxylation is 2. The third-order valence-corrected chi connectivity index (χ3v) is 9.54. The van der Waals surface area contributed by atoms with Gasteiger partial charge in [-0.05, 0) is 92.0 Å². The molecule has 1 rings (SSSR count). The quantitative estimate of drug-likeness (QED) is 0.0809. The smallest absolute Gasteiger partial charge is 0.0273 e. The Kier molecular flexibility index (Phi) is 26.1. The summed E-state index contributed by atoms with van der Waals surface area (Å²) < 4.78 is 0. The second-order valence-corrected chi connectivity index (χ2v) is 13.5. The maximum absolute atomic E-state index is 2.78. The Hall–Kier alpha value is -0.780. The number of unbranched alkanes of at least 4 members (excludes halogenated alkanes) is 20. The van der Waals surface area contributed by atoms with Gasteiger partial charge < -0.3 is 0 Å². The summed E-state index contributed by atoms with van der Waals surface area (Å²) in [5.74, 6) is 0. The molecule has 0 aliphatic heterocycles. The zero-order valence-electron chi connectivity index (χ0n) is 29.3. The van der Waals surface area contributed by atoms with Crippen LogP contribution in [0.15, 0.2) is 6.07 Å². The van der Waals surface area contributed by atoms with Crippen LogP contribution in [0.1, 0.15) is 223 Å². The molecular weight excluding hydrogens is 492 g/mol. The molecule has 0 aromatic heterocycles. The molecule has 240 valence electrons. The number of hydrogen-bond acceptors (Lipinski definition) is 0. The lowest BCUT2D eigenvalue weighted by molar-refractivity contribution is 0.601. The molecule has 0 spiro atoms. The van der Waals surface area contributed by atoms with E-state index in [4.69, 9.17) is 0 Å². The highest BCUT2D eigenvalue weighted by atomic mass is 14.2. The highest BCUT2D eigenvalue weighted by Gasteiger charge is 2.18. The van der Waals surface area contributed by atoms with Crippen molar-refractivity contribution in [3.63, 3.8) is 0 Å². The van der Waals surface area contributed by atoms with Crippen LogP contribution in [0.2, 0.25) is 0 Å². The summed E-state index contributed by atoms with van der Waals surface area (Å²) in [7, 11) is 0. The largest absolute Gasteiger partial charge is 0.0654 e. The van der Waals surface area contributed by atoms with Crippen LogP contribution >= 0.6 is 0 Å². The van der Waals surface area contributed by atoms with Gasteiger partial charge in [-0.15, -0.1) is 0 Å². The fourth-order valence-electron chi connectivity index (χ4n) is 6.88. The summed E-state index contributed by atoms with van der Waals surface area (Å²) in [4.78, 5) is 0. The molecule has 0 radical (unpaired) electrons. The van der Waals surface area contributed by atoms with Gasteiger partial charge in [0.15, 0.2) is 0 Å². The van der Waals surface area contributed by atoms with Crippen LogP contribution in [0.5, 0.6) is 0 Å². The van der Waals surface area contributed by atoms with E-state index < -0.39 is 0 Å². The van der Waals surface area contributed by atoms with E-state index >= 15 is 0 Å². The topological polar surface area (TPSA) is 0 Å². The Morgan fingerprint density at radius 1 is 0.268 bits per heavy atom. The predicted molar refractivity (Wildman–Crippen MR) is 189 cm³/mol.